The van der Waals surface area contributed by atoms with E-state index in [9.17, 15) is 0 Å². The van der Waals surface area contributed by atoms with Crippen molar-refractivity contribution in [3.8, 4) is 0 Å². The number of allylic oxidation sites excluding steroid dienone is 5. The molecule has 0 atom stereocenters. The maximum atomic E-state index is 3.84. The van der Waals surface area contributed by atoms with Crippen molar-refractivity contribution in [2.75, 3.05) is 0 Å². The fourth-order valence-corrected chi connectivity index (χ4v) is 1.55. The van der Waals surface area contributed by atoms with Gasteiger partial charge < -0.3 is 0 Å². The minimum absolute atomic E-state index is 0.946. The summed E-state index contributed by atoms with van der Waals surface area (Å²) < 4.78 is 0. The van der Waals surface area contributed by atoms with Crippen LogP contribution in [-0.2, 0) is 0 Å². The quantitative estimate of drug-likeness (QED) is 0.355. The Morgan fingerprint density at radius 1 is 0.815 bits per heavy atom. The Bertz CT molecular complexity index is 432. The van der Waals surface area contributed by atoms with Gasteiger partial charge in [0.25, 0.3) is 0 Å². The smallest absolute Gasteiger partial charge is 0.0227 e. The molecule has 0 unspecified atom stereocenters. The van der Waals surface area contributed by atoms with Crippen LogP contribution in [-0.4, -0.2) is 0 Å². The van der Waals surface area contributed by atoms with Crippen LogP contribution in [0.15, 0.2) is 73.4 Å². The summed E-state index contributed by atoms with van der Waals surface area (Å²) in [5.74, 6) is 0. The minimum Gasteiger partial charge on any atom is -0.100 e. The first kappa shape index (κ1) is 36.2. The van der Waals surface area contributed by atoms with Crippen molar-refractivity contribution in [2.24, 2.45) is 0 Å². The van der Waals surface area contributed by atoms with Gasteiger partial charge in [-0.2, -0.15) is 0 Å². The maximum absolute atomic E-state index is 3.84. The van der Waals surface area contributed by atoms with Crippen molar-refractivity contribution >= 4 is 5.57 Å². The molecule has 0 nitrogen and oxygen atoms in total. The highest BCUT2D eigenvalue weighted by atomic mass is 14.0. The third kappa shape index (κ3) is 32.3. The molecule has 0 heterocycles. The Morgan fingerprint density at radius 2 is 1.22 bits per heavy atom. The van der Waals surface area contributed by atoms with Gasteiger partial charge in [-0.25, -0.2) is 0 Å². The molecule has 158 valence electrons. The summed E-state index contributed by atoms with van der Waals surface area (Å²) in [5.41, 5.74) is 4.68. The van der Waals surface area contributed by atoms with Crippen LogP contribution in [0.1, 0.15) is 94.6 Å². The molecule has 0 bridgehead atoms. The van der Waals surface area contributed by atoms with Gasteiger partial charge in [-0.3, -0.25) is 0 Å². The van der Waals surface area contributed by atoms with Crippen LogP contribution < -0.4 is 0 Å². The molecular weight excluding hydrogens is 324 g/mol. The molecule has 1 aromatic rings. The van der Waals surface area contributed by atoms with E-state index in [1.807, 2.05) is 79.7 Å². The monoisotopic (exact) mass is 374 g/mol. The molecule has 0 fully saturated rings. The number of benzene rings is 1. The molecule has 27 heavy (non-hydrogen) atoms. The SMILES string of the molecule is C=C(C)CCC.C=CC(=C)/C=C(\C)c1ccccc1.CC.CC.CC.CC. The summed E-state index contributed by atoms with van der Waals surface area (Å²) in [7, 11) is 0. The van der Waals surface area contributed by atoms with Crippen molar-refractivity contribution < 1.29 is 0 Å². The highest BCUT2D eigenvalue weighted by Crippen LogP contribution is 2.14. The summed E-state index contributed by atoms with van der Waals surface area (Å²) in [4.78, 5) is 0. The fourth-order valence-electron chi connectivity index (χ4n) is 1.55. The molecule has 0 saturated heterocycles. The van der Waals surface area contributed by atoms with Gasteiger partial charge >= 0.3 is 0 Å². The molecule has 0 amide bonds. The standard InChI is InChI=1S/C13H14.C6H12.4C2H6/c1-4-11(2)10-12(3)13-8-6-5-7-9-13;1-4-5-6(2)3;4*1-2/h4-10H,1-2H2,3H3;2,4-5H2,1,3H3;4*1-2H3/b12-10+;;;;;. The summed E-state index contributed by atoms with van der Waals surface area (Å²) in [6.07, 6.45) is 6.20. The van der Waals surface area contributed by atoms with Gasteiger partial charge in [-0.15, -0.1) is 6.58 Å². The second-order valence-corrected chi connectivity index (χ2v) is 4.68. The van der Waals surface area contributed by atoms with E-state index < -0.39 is 0 Å². The summed E-state index contributed by atoms with van der Waals surface area (Å²) in [6.45, 7) is 33.5. The fraction of sp³-hybridized carbons (Fsp3) is 0.481. The Kier molecular flexibility index (Phi) is 47.3. The van der Waals surface area contributed by atoms with Gasteiger partial charge in [-0.05, 0) is 37.0 Å². The van der Waals surface area contributed by atoms with Crippen LogP contribution in [0.3, 0.4) is 0 Å². The first-order valence-electron chi connectivity index (χ1n) is 10.7. The van der Waals surface area contributed by atoms with E-state index >= 15 is 0 Å². The van der Waals surface area contributed by atoms with Crippen LogP contribution in [0, 0.1) is 0 Å². The van der Waals surface area contributed by atoms with Crippen LogP contribution in [0.5, 0.6) is 0 Å². The molecule has 1 aromatic carbocycles. The van der Waals surface area contributed by atoms with Gasteiger partial charge in [0.15, 0.2) is 0 Å². The van der Waals surface area contributed by atoms with E-state index in [-0.39, 0.29) is 0 Å². The van der Waals surface area contributed by atoms with Gasteiger partial charge in [0.2, 0.25) is 0 Å². The second-order valence-electron chi connectivity index (χ2n) is 4.68. The van der Waals surface area contributed by atoms with Crippen molar-refractivity contribution in [2.45, 2.75) is 89.0 Å². The lowest BCUT2D eigenvalue weighted by Crippen LogP contribution is -1.78. The van der Waals surface area contributed by atoms with Crippen molar-refractivity contribution in [3.05, 3.63) is 78.9 Å². The number of rotatable bonds is 5. The molecule has 0 aliphatic rings. The van der Waals surface area contributed by atoms with E-state index in [2.05, 4.69) is 52.6 Å². The third-order valence-electron chi connectivity index (χ3n) is 2.57. The van der Waals surface area contributed by atoms with Crippen molar-refractivity contribution in [3.63, 3.8) is 0 Å². The van der Waals surface area contributed by atoms with Crippen LogP contribution in [0.4, 0.5) is 0 Å². The molecular formula is C27H50. The molecule has 0 aromatic heterocycles. The Morgan fingerprint density at radius 3 is 1.48 bits per heavy atom. The first-order chi connectivity index (χ1) is 13.0. The zero-order valence-electron chi connectivity index (χ0n) is 20.6. The van der Waals surface area contributed by atoms with Crippen molar-refractivity contribution in [1.29, 1.82) is 0 Å². The Balaban J connectivity index is -0.0000000973. The average molecular weight is 375 g/mol. The topological polar surface area (TPSA) is 0 Å². The lowest BCUT2D eigenvalue weighted by atomic mass is 10.1. The highest BCUT2D eigenvalue weighted by molar-refractivity contribution is 5.66. The van der Waals surface area contributed by atoms with Gasteiger partial charge in [0.05, 0.1) is 0 Å². The van der Waals surface area contributed by atoms with Gasteiger partial charge in [0, 0.05) is 0 Å². The summed E-state index contributed by atoms with van der Waals surface area (Å²) in [6, 6.07) is 10.2. The lowest BCUT2D eigenvalue weighted by molar-refractivity contribution is 0.910. The Hall–Kier alpha value is -1.82. The second kappa shape index (κ2) is 35.3. The summed E-state index contributed by atoms with van der Waals surface area (Å²) in [5, 5.41) is 0. The normalized spacial score (nSPS) is 8.04. The van der Waals surface area contributed by atoms with Crippen LogP contribution >= 0.6 is 0 Å². The lowest BCUT2D eigenvalue weighted by Gasteiger charge is -2.00. The zero-order chi connectivity index (χ0) is 22.7. The van der Waals surface area contributed by atoms with Gasteiger partial charge in [0.1, 0.15) is 0 Å². The van der Waals surface area contributed by atoms with Crippen LogP contribution in [0.25, 0.3) is 5.57 Å². The molecule has 0 saturated carbocycles. The molecule has 0 aliphatic heterocycles. The maximum Gasteiger partial charge on any atom is -0.0227 e. The average Bonchev–Trinajstić information content (AvgIpc) is 2.74. The van der Waals surface area contributed by atoms with E-state index in [1.54, 1.807) is 6.08 Å². The van der Waals surface area contributed by atoms with Crippen molar-refractivity contribution in [1.82, 2.24) is 0 Å². The van der Waals surface area contributed by atoms with E-state index in [0.717, 1.165) is 5.57 Å². The molecule has 0 heteroatoms. The molecule has 0 radical (unpaired) electrons. The van der Waals surface area contributed by atoms with Gasteiger partial charge in [-0.1, -0.05) is 130 Å². The highest BCUT2D eigenvalue weighted by Gasteiger charge is 1.92. The zero-order valence-corrected chi connectivity index (χ0v) is 20.6. The Labute approximate surface area is 173 Å². The summed E-state index contributed by atoms with van der Waals surface area (Å²) >= 11 is 0. The predicted octanol–water partition coefficient (Wildman–Crippen LogP) is 10.3. The number of hydrogen-bond donors (Lipinski definition) is 0. The molecule has 0 N–H and O–H groups in total. The third-order valence-corrected chi connectivity index (χ3v) is 2.57. The van der Waals surface area contributed by atoms with E-state index in [1.165, 1.54) is 29.6 Å². The molecule has 0 spiro atoms. The molecule has 1 rings (SSSR count). The molecule has 0 aliphatic carbocycles. The van der Waals surface area contributed by atoms with E-state index in [0.29, 0.717) is 0 Å². The van der Waals surface area contributed by atoms with E-state index in [4.69, 9.17) is 0 Å². The van der Waals surface area contributed by atoms with Crippen LogP contribution in [0.2, 0.25) is 0 Å². The minimum atomic E-state index is 0.946. The largest absolute Gasteiger partial charge is 0.100 e. The predicted molar refractivity (Wildman–Crippen MR) is 135 cm³/mol. The number of hydrogen-bond acceptors (Lipinski definition) is 0. The first-order valence-corrected chi connectivity index (χ1v) is 10.7.